The Kier molecular flexibility index (Phi) is 3.75. The van der Waals surface area contributed by atoms with Crippen molar-refractivity contribution in [3.05, 3.63) is 6.33 Å². The highest BCUT2D eigenvalue weighted by molar-refractivity contribution is 5.76. The number of rotatable bonds is 3. The van der Waals surface area contributed by atoms with Gasteiger partial charge in [-0.15, -0.1) is 5.10 Å². The first-order chi connectivity index (χ1) is 7.71. The third kappa shape index (κ3) is 3.44. The van der Waals surface area contributed by atoms with Crippen molar-refractivity contribution >= 4 is 11.9 Å². The van der Waals surface area contributed by atoms with Gasteiger partial charge >= 0.3 is 0 Å². The summed E-state index contributed by atoms with van der Waals surface area (Å²) in [5, 5.41) is 3.89. The van der Waals surface area contributed by atoms with E-state index in [4.69, 9.17) is 5.73 Å². The maximum absolute atomic E-state index is 12.0. The van der Waals surface area contributed by atoms with Gasteiger partial charge in [-0.3, -0.25) is 4.79 Å². The minimum Gasteiger partial charge on any atom is -0.367 e. The molecule has 1 aromatic rings. The summed E-state index contributed by atoms with van der Waals surface area (Å²) >= 11 is 0. The average Bonchev–Trinajstić information content (AvgIpc) is 2.60. The van der Waals surface area contributed by atoms with Crippen molar-refractivity contribution in [2.24, 2.45) is 5.41 Å². The number of hydrogen-bond acceptors (Lipinski definition) is 4. The summed E-state index contributed by atoms with van der Waals surface area (Å²) in [4.78, 5) is 17.5. The summed E-state index contributed by atoms with van der Waals surface area (Å²) in [6, 6.07) is 0.149. The molecule has 1 unspecified atom stereocenters. The van der Waals surface area contributed by atoms with Gasteiger partial charge in [0.25, 0.3) is 0 Å². The molecule has 2 N–H and O–H groups in total. The zero-order chi connectivity index (χ0) is 13.2. The maximum Gasteiger partial charge on any atom is 0.244 e. The van der Waals surface area contributed by atoms with E-state index in [1.165, 1.54) is 11.0 Å². The first kappa shape index (κ1) is 13.5. The minimum absolute atomic E-state index is 0.00248. The Labute approximate surface area is 102 Å². The third-order valence-electron chi connectivity index (χ3n) is 3.08. The van der Waals surface area contributed by atoms with Crippen molar-refractivity contribution in [3.63, 3.8) is 0 Å². The Morgan fingerprint density at radius 2 is 2.18 bits per heavy atom. The van der Waals surface area contributed by atoms with Crippen molar-refractivity contribution < 1.29 is 4.79 Å². The van der Waals surface area contributed by atoms with Gasteiger partial charge in [0, 0.05) is 13.1 Å². The van der Waals surface area contributed by atoms with Gasteiger partial charge in [-0.2, -0.15) is 0 Å². The van der Waals surface area contributed by atoms with Crippen LogP contribution in [0.1, 0.15) is 27.7 Å². The molecule has 0 aliphatic carbocycles. The molecule has 1 aromatic heterocycles. The molecule has 0 aromatic carbocycles. The number of carbonyl (C=O) groups excluding carboxylic acids is 1. The highest BCUT2D eigenvalue weighted by Crippen LogP contribution is 2.23. The lowest BCUT2D eigenvalue weighted by atomic mass is 9.87. The first-order valence-corrected chi connectivity index (χ1v) is 5.62. The number of hydrogen-bond donors (Lipinski definition) is 1. The number of carbonyl (C=O) groups is 1. The molecule has 1 amide bonds. The number of likely N-dealkylation sites (N-methyl/N-ethyl adjacent to an activating group) is 1. The Hall–Kier alpha value is -1.59. The molecule has 6 nitrogen and oxygen atoms in total. The number of amides is 1. The molecule has 0 saturated heterocycles. The fraction of sp³-hybridized carbons (Fsp3) is 0.727. The van der Waals surface area contributed by atoms with Crippen LogP contribution in [0.3, 0.4) is 0 Å². The fourth-order valence-electron chi connectivity index (χ4n) is 1.43. The number of nitrogen functional groups attached to an aromatic ring is 1. The number of nitrogens with two attached hydrogens (primary N) is 1. The molecule has 0 bridgehead atoms. The van der Waals surface area contributed by atoms with Crippen molar-refractivity contribution in [2.75, 3.05) is 12.8 Å². The molecule has 96 valence electrons. The van der Waals surface area contributed by atoms with Gasteiger partial charge in [-0.25, -0.2) is 9.67 Å². The van der Waals surface area contributed by atoms with Gasteiger partial charge in [0.1, 0.15) is 12.9 Å². The van der Waals surface area contributed by atoms with Gasteiger partial charge in [-0.1, -0.05) is 20.8 Å². The van der Waals surface area contributed by atoms with E-state index in [2.05, 4.69) is 30.9 Å². The second-order valence-electron chi connectivity index (χ2n) is 5.35. The Balaban J connectivity index is 2.65. The molecule has 0 aliphatic rings. The highest BCUT2D eigenvalue weighted by atomic mass is 16.2. The van der Waals surface area contributed by atoms with Crippen LogP contribution in [0.4, 0.5) is 5.95 Å². The van der Waals surface area contributed by atoms with Gasteiger partial charge < -0.3 is 10.6 Å². The van der Waals surface area contributed by atoms with Crippen LogP contribution < -0.4 is 5.73 Å². The summed E-state index contributed by atoms with van der Waals surface area (Å²) in [6.07, 6.45) is 1.46. The highest BCUT2D eigenvalue weighted by Gasteiger charge is 2.27. The molecule has 0 aliphatic heterocycles. The molecule has 1 rings (SSSR count). The zero-order valence-electron chi connectivity index (χ0n) is 11.1. The summed E-state index contributed by atoms with van der Waals surface area (Å²) in [5.41, 5.74) is 5.44. The lowest BCUT2D eigenvalue weighted by molar-refractivity contribution is -0.134. The normalized spacial score (nSPS) is 13.5. The summed E-state index contributed by atoms with van der Waals surface area (Å²) in [6.45, 7) is 8.52. The van der Waals surface area contributed by atoms with Crippen LogP contribution in [0.5, 0.6) is 0 Å². The molecule has 17 heavy (non-hydrogen) atoms. The van der Waals surface area contributed by atoms with E-state index in [1.54, 1.807) is 11.9 Å². The predicted molar refractivity (Wildman–Crippen MR) is 66.1 cm³/mol. The summed E-state index contributed by atoms with van der Waals surface area (Å²) < 4.78 is 1.45. The lowest BCUT2D eigenvalue weighted by Crippen LogP contribution is -2.44. The standard InChI is InChI=1S/C11H21N5O/c1-8(11(2,3)4)15(5)9(17)6-16-7-13-10(12)14-16/h7-8H,6H2,1-5H3,(H2,12,14). The molecule has 0 saturated carbocycles. The minimum atomic E-state index is -0.00248. The summed E-state index contributed by atoms with van der Waals surface area (Å²) in [5.74, 6) is 0.182. The number of nitrogens with zero attached hydrogens (tertiary/aromatic N) is 4. The van der Waals surface area contributed by atoms with E-state index >= 15 is 0 Å². The average molecular weight is 239 g/mol. The Bertz CT molecular complexity index is 393. The van der Waals surface area contributed by atoms with Crippen molar-refractivity contribution in [3.8, 4) is 0 Å². The molecule has 1 heterocycles. The maximum atomic E-state index is 12.0. The summed E-state index contributed by atoms with van der Waals surface area (Å²) in [7, 11) is 1.80. The molecule has 0 fully saturated rings. The third-order valence-corrected chi connectivity index (χ3v) is 3.08. The molecular formula is C11H21N5O. The van der Waals surface area contributed by atoms with Crippen LogP contribution >= 0.6 is 0 Å². The van der Waals surface area contributed by atoms with Crippen LogP contribution in [-0.4, -0.2) is 38.7 Å². The van der Waals surface area contributed by atoms with Gasteiger partial charge in [-0.05, 0) is 12.3 Å². The lowest BCUT2D eigenvalue weighted by Gasteiger charge is -2.35. The number of aromatic nitrogens is 3. The Morgan fingerprint density at radius 3 is 2.59 bits per heavy atom. The second-order valence-corrected chi connectivity index (χ2v) is 5.35. The zero-order valence-corrected chi connectivity index (χ0v) is 11.1. The fourth-order valence-corrected chi connectivity index (χ4v) is 1.43. The van der Waals surface area contributed by atoms with Gasteiger partial charge in [0.15, 0.2) is 0 Å². The van der Waals surface area contributed by atoms with Crippen molar-refractivity contribution in [2.45, 2.75) is 40.3 Å². The van der Waals surface area contributed by atoms with Gasteiger partial charge in [0.2, 0.25) is 11.9 Å². The van der Waals surface area contributed by atoms with E-state index in [0.717, 1.165) is 0 Å². The monoisotopic (exact) mass is 239 g/mol. The first-order valence-electron chi connectivity index (χ1n) is 5.62. The quantitative estimate of drug-likeness (QED) is 0.844. The molecule has 1 atom stereocenters. The van der Waals surface area contributed by atoms with Crippen molar-refractivity contribution in [1.82, 2.24) is 19.7 Å². The smallest absolute Gasteiger partial charge is 0.244 e. The van der Waals surface area contributed by atoms with Crippen LogP contribution in [0.2, 0.25) is 0 Å². The van der Waals surface area contributed by atoms with Crippen LogP contribution in [-0.2, 0) is 11.3 Å². The molecule has 0 radical (unpaired) electrons. The van der Waals surface area contributed by atoms with E-state index in [9.17, 15) is 4.79 Å². The number of anilines is 1. The SMILES string of the molecule is CC(N(C)C(=O)Cn1cnc(N)n1)C(C)(C)C. The van der Waals surface area contributed by atoms with E-state index in [-0.39, 0.29) is 29.9 Å². The van der Waals surface area contributed by atoms with Crippen LogP contribution in [0.25, 0.3) is 0 Å². The largest absolute Gasteiger partial charge is 0.367 e. The second kappa shape index (κ2) is 4.73. The predicted octanol–water partition coefficient (Wildman–Crippen LogP) is 0.753. The molecule has 0 spiro atoms. The molecule has 6 heteroatoms. The Morgan fingerprint density at radius 1 is 1.59 bits per heavy atom. The van der Waals surface area contributed by atoms with Gasteiger partial charge in [0.05, 0.1) is 0 Å². The topological polar surface area (TPSA) is 77.0 Å². The van der Waals surface area contributed by atoms with E-state index < -0.39 is 0 Å². The van der Waals surface area contributed by atoms with Crippen molar-refractivity contribution in [1.29, 1.82) is 0 Å². The van der Waals surface area contributed by atoms with Crippen LogP contribution in [0.15, 0.2) is 6.33 Å². The van der Waals surface area contributed by atoms with Crippen LogP contribution in [0, 0.1) is 5.41 Å². The van der Waals surface area contributed by atoms with E-state index in [0.29, 0.717) is 0 Å². The van der Waals surface area contributed by atoms with E-state index in [1.807, 2.05) is 6.92 Å². The molecular weight excluding hydrogens is 218 g/mol.